The van der Waals surface area contributed by atoms with Crippen molar-refractivity contribution >= 4 is 28.9 Å². The highest BCUT2D eigenvalue weighted by molar-refractivity contribution is 6.36. The molecule has 2 nitrogen and oxygen atoms in total. The molecule has 2 aromatic rings. The molecule has 1 unspecified atom stereocenters. The zero-order valence-corrected chi connectivity index (χ0v) is 11.7. The van der Waals surface area contributed by atoms with Crippen LogP contribution in [0, 0.1) is 0 Å². The Bertz CT molecular complexity index is 575. The number of nitrogens with one attached hydrogen (secondary N) is 1. The van der Waals surface area contributed by atoms with E-state index in [1.807, 2.05) is 30.3 Å². The van der Waals surface area contributed by atoms with Gasteiger partial charge < -0.3 is 10.1 Å². The summed E-state index contributed by atoms with van der Waals surface area (Å²) in [6.45, 7) is 0.718. The fourth-order valence-corrected chi connectivity index (χ4v) is 2.70. The van der Waals surface area contributed by atoms with Crippen molar-refractivity contribution in [3.05, 3.63) is 58.1 Å². The first-order valence-electron chi connectivity index (χ1n) is 6.16. The molecule has 0 aliphatic carbocycles. The molecule has 0 bridgehead atoms. The molecule has 1 N–H and O–H groups in total. The van der Waals surface area contributed by atoms with Gasteiger partial charge in [0, 0.05) is 11.4 Å². The highest BCUT2D eigenvalue weighted by Crippen LogP contribution is 2.29. The lowest BCUT2D eigenvalue weighted by molar-refractivity contribution is 0.246. The van der Waals surface area contributed by atoms with Crippen LogP contribution in [0.4, 0.5) is 5.69 Å². The Hall–Kier alpha value is -1.38. The Balaban J connectivity index is 1.63. The van der Waals surface area contributed by atoms with Crippen LogP contribution in [0.3, 0.4) is 0 Å². The molecule has 19 heavy (non-hydrogen) atoms. The van der Waals surface area contributed by atoms with Gasteiger partial charge in [0.15, 0.2) is 0 Å². The van der Waals surface area contributed by atoms with Gasteiger partial charge in [-0.2, -0.15) is 0 Å². The van der Waals surface area contributed by atoms with Gasteiger partial charge in [0.25, 0.3) is 0 Å². The van der Waals surface area contributed by atoms with Crippen LogP contribution in [0.15, 0.2) is 42.5 Å². The van der Waals surface area contributed by atoms with Crippen LogP contribution in [0.1, 0.15) is 5.56 Å². The third-order valence-electron chi connectivity index (χ3n) is 3.17. The minimum absolute atomic E-state index is 0.143. The summed E-state index contributed by atoms with van der Waals surface area (Å²) in [6.07, 6.45) is 1.07. The standard InChI is InChI=1S/C15H13Cl2NO/c16-11-5-6-14(13(17)8-11)18-9-12-7-10-3-1-2-4-15(10)19-12/h1-6,8,12,18H,7,9H2. The van der Waals surface area contributed by atoms with Gasteiger partial charge in [0.1, 0.15) is 11.9 Å². The van der Waals surface area contributed by atoms with Gasteiger partial charge in [-0.3, -0.25) is 0 Å². The van der Waals surface area contributed by atoms with Crippen LogP contribution in [0.2, 0.25) is 10.0 Å². The summed E-state index contributed by atoms with van der Waals surface area (Å²) in [5.74, 6) is 0.983. The van der Waals surface area contributed by atoms with E-state index in [0.29, 0.717) is 10.0 Å². The molecule has 0 amide bonds. The average molecular weight is 294 g/mol. The number of halogens is 2. The molecule has 0 fully saturated rings. The van der Waals surface area contributed by atoms with Gasteiger partial charge >= 0.3 is 0 Å². The monoisotopic (exact) mass is 293 g/mol. The summed E-state index contributed by atoms with van der Waals surface area (Å²) < 4.78 is 5.86. The van der Waals surface area contributed by atoms with E-state index < -0.39 is 0 Å². The average Bonchev–Trinajstić information content (AvgIpc) is 2.80. The number of rotatable bonds is 3. The third kappa shape index (κ3) is 2.80. The lowest BCUT2D eigenvalue weighted by Crippen LogP contribution is -2.24. The molecule has 2 aromatic carbocycles. The number of ether oxygens (including phenoxy) is 1. The summed E-state index contributed by atoms with van der Waals surface area (Å²) in [7, 11) is 0. The number of para-hydroxylation sites is 1. The predicted octanol–water partition coefficient (Wildman–Crippen LogP) is 4.41. The number of hydrogen-bond acceptors (Lipinski definition) is 2. The molecular formula is C15H13Cl2NO. The Labute approximate surface area is 122 Å². The van der Waals surface area contributed by atoms with Gasteiger partial charge in [0.05, 0.1) is 17.3 Å². The number of anilines is 1. The smallest absolute Gasteiger partial charge is 0.123 e. The predicted molar refractivity (Wildman–Crippen MR) is 79.5 cm³/mol. The molecule has 1 aliphatic heterocycles. The Morgan fingerprint density at radius 2 is 2.00 bits per heavy atom. The van der Waals surface area contributed by atoms with E-state index in [2.05, 4.69) is 11.4 Å². The second-order valence-electron chi connectivity index (χ2n) is 4.56. The largest absolute Gasteiger partial charge is 0.488 e. The molecule has 98 valence electrons. The van der Waals surface area contributed by atoms with E-state index in [1.165, 1.54) is 5.56 Å². The van der Waals surface area contributed by atoms with Crippen molar-refractivity contribution in [2.45, 2.75) is 12.5 Å². The molecule has 0 saturated heterocycles. The molecular weight excluding hydrogens is 281 g/mol. The van der Waals surface area contributed by atoms with E-state index >= 15 is 0 Å². The minimum Gasteiger partial charge on any atom is -0.488 e. The molecule has 0 radical (unpaired) electrons. The van der Waals surface area contributed by atoms with Crippen LogP contribution in [0.25, 0.3) is 0 Å². The van der Waals surface area contributed by atoms with Crippen molar-refractivity contribution in [1.29, 1.82) is 0 Å². The maximum Gasteiger partial charge on any atom is 0.123 e. The molecule has 1 heterocycles. The van der Waals surface area contributed by atoms with Crippen molar-refractivity contribution < 1.29 is 4.74 Å². The maximum atomic E-state index is 6.12. The first-order chi connectivity index (χ1) is 9.22. The SMILES string of the molecule is Clc1ccc(NCC2Cc3ccccc3O2)c(Cl)c1. The molecule has 4 heteroatoms. The summed E-state index contributed by atoms with van der Waals surface area (Å²) in [5, 5.41) is 4.57. The van der Waals surface area contributed by atoms with E-state index in [0.717, 1.165) is 24.4 Å². The van der Waals surface area contributed by atoms with Gasteiger partial charge in [-0.25, -0.2) is 0 Å². The zero-order chi connectivity index (χ0) is 13.2. The van der Waals surface area contributed by atoms with Gasteiger partial charge in [-0.05, 0) is 29.8 Å². The normalized spacial score (nSPS) is 16.8. The quantitative estimate of drug-likeness (QED) is 0.905. The zero-order valence-electron chi connectivity index (χ0n) is 10.2. The maximum absolute atomic E-state index is 6.12. The van der Waals surface area contributed by atoms with Crippen LogP contribution in [0.5, 0.6) is 5.75 Å². The summed E-state index contributed by atoms with van der Waals surface area (Å²) in [5.41, 5.74) is 2.14. The molecule has 3 rings (SSSR count). The summed E-state index contributed by atoms with van der Waals surface area (Å²) in [4.78, 5) is 0. The Morgan fingerprint density at radius 1 is 1.16 bits per heavy atom. The number of fused-ring (bicyclic) bond motifs is 1. The number of hydrogen-bond donors (Lipinski definition) is 1. The van der Waals surface area contributed by atoms with Crippen molar-refractivity contribution in [3.63, 3.8) is 0 Å². The fourth-order valence-electron chi connectivity index (χ4n) is 2.22. The molecule has 1 atom stereocenters. The van der Waals surface area contributed by atoms with Crippen LogP contribution in [-0.2, 0) is 6.42 Å². The van der Waals surface area contributed by atoms with Crippen molar-refractivity contribution in [2.75, 3.05) is 11.9 Å². The number of benzene rings is 2. The first-order valence-corrected chi connectivity index (χ1v) is 6.91. The highest BCUT2D eigenvalue weighted by Gasteiger charge is 2.21. The molecule has 0 saturated carbocycles. The third-order valence-corrected chi connectivity index (χ3v) is 3.71. The van der Waals surface area contributed by atoms with E-state index in [4.69, 9.17) is 27.9 Å². The van der Waals surface area contributed by atoms with Crippen LogP contribution < -0.4 is 10.1 Å². The van der Waals surface area contributed by atoms with E-state index in [1.54, 1.807) is 6.07 Å². The highest BCUT2D eigenvalue weighted by atomic mass is 35.5. The van der Waals surface area contributed by atoms with Crippen LogP contribution in [-0.4, -0.2) is 12.6 Å². The summed E-state index contributed by atoms with van der Waals surface area (Å²) in [6, 6.07) is 13.6. The van der Waals surface area contributed by atoms with Crippen LogP contribution >= 0.6 is 23.2 Å². The van der Waals surface area contributed by atoms with Crippen molar-refractivity contribution in [2.24, 2.45) is 0 Å². The first kappa shape index (κ1) is 12.6. The van der Waals surface area contributed by atoms with Gasteiger partial charge in [-0.15, -0.1) is 0 Å². The van der Waals surface area contributed by atoms with E-state index in [9.17, 15) is 0 Å². The minimum atomic E-state index is 0.143. The Morgan fingerprint density at radius 3 is 2.79 bits per heavy atom. The van der Waals surface area contributed by atoms with Crippen molar-refractivity contribution in [3.8, 4) is 5.75 Å². The summed E-state index contributed by atoms with van der Waals surface area (Å²) >= 11 is 12.0. The lowest BCUT2D eigenvalue weighted by Gasteiger charge is -2.14. The van der Waals surface area contributed by atoms with Gasteiger partial charge in [-0.1, -0.05) is 41.4 Å². The molecule has 0 spiro atoms. The second-order valence-corrected chi connectivity index (χ2v) is 5.40. The molecule has 1 aliphatic rings. The molecule has 0 aromatic heterocycles. The van der Waals surface area contributed by atoms with E-state index in [-0.39, 0.29) is 6.10 Å². The Kier molecular flexibility index (Phi) is 3.54. The lowest BCUT2D eigenvalue weighted by atomic mass is 10.1. The fraction of sp³-hybridized carbons (Fsp3) is 0.200. The van der Waals surface area contributed by atoms with Crippen molar-refractivity contribution in [1.82, 2.24) is 0 Å². The topological polar surface area (TPSA) is 21.3 Å². The van der Waals surface area contributed by atoms with Gasteiger partial charge in [0.2, 0.25) is 0 Å². The second kappa shape index (κ2) is 5.32.